The highest BCUT2D eigenvalue weighted by molar-refractivity contribution is 7.89. The molecule has 5 nitrogen and oxygen atoms in total. The summed E-state index contributed by atoms with van der Waals surface area (Å²) in [5, 5.41) is 0. The van der Waals surface area contributed by atoms with E-state index < -0.39 is 15.9 Å². The number of hydrogen-bond donors (Lipinski definition) is 1. The van der Waals surface area contributed by atoms with Crippen LogP contribution in [0.15, 0.2) is 29.2 Å². The molecule has 1 saturated heterocycles. The summed E-state index contributed by atoms with van der Waals surface area (Å²) in [6, 6.07) is 5.90. The zero-order valence-electron chi connectivity index (χ0n) is 10.9. The van der Waals surface area contributed by atoms with Gasteiger partial charge in [-0.2, -0.15) is 4.31 Å². The minimum Gasteiger partial charge on any atom is -0.366 e. The molecule has 1 fully saturated rings. The smallest absolute Gasteiger partial charge is 0.248 e. The normalized spacial score (nSPS) is 21.2. The quantitative estimate of drug-likeness (QED) is 0.904. The first-order valence-corrected chi connectivity index (χ1v) is 7.75. The SMILES string of the molecule is CC1CCCN(S(=O)(=O)c2cccc(C(N)=O)c2)C1. The molecule has 1 amide bonds. The van der Waals surface area contributed by atoms with Gasteiger partial charge in [-0.1, -0.05) is 13.0 Å². The van der Waals surface area contributed by atoms with E-state index in [0.29, 0.717) is 19.0 Å². The van der Waals surface area contributed by atoms with Crippen LogP contribution in [0.1, 0.15) is 30.1 Å². The lowest BCUT2D eigenvalue weighted by molar-refractivity contribution is 0.1000. The van der Waals surface area contributed by atoms with Gasteiger partial charge in [-0.25, -0.2) is 8.42 Å². The molecular weight excluding hydrogens is 264 g/mol. The lowest BCUT2D eigenvalue weighted by Gasteiger charge is -2.30. The number of carbonyl (C=O) groups excluding carboxylic acids is 1. The number of carbonyl (C=O) groups is 1. The van der Waals surface area contributed by atoms with Gasteiger partial charge in [0.05, 0.1) is 4.90 Å². The minimum atomic E-state index is -3.53. The van der Waals surface area contributed by atoms with Gasteiger partial charge in [0.25, 0.3) is 0 Å². The number of piperidine rings is 1. The maximum absolute atomic E-state index is 12.5. The highest BCUT2D eigenvalue weighted by Gasteiger charge is 2.28. The van der Waals surface area contributed by atoms with Crippen LogP contribution in [0.3, 0.4) is 0 Å². The van der Waals surface area contributed by atoms with Gasteiger partial charge in [0, 0.05) is 18.7 Å². The second-order valence-electron chi connectivity index (χ2n) is 5.00. The van der Waals surface area contributed by atoms with Crippen molar-refractivity contribution in [1.29, 1.82) is 0 Å². The summed E-state index contributed by atoms with van der Waals surface area (Å²) in [6.07, 6.45) is 1.92. The molecule has 1 aliphatic rings. The first-order chi connectivity index (χ1) is 8.91. The molecule has 2 N–H and O–H groups in total. The third kappa shape index (κ3) is 2.96. The zero-order chi connectivity index (χ0) is 14.0. The van der Waals surface area contributed by atoms with E-state index in [1.807, 2.05) is 6.92 Å². The Kier molecular flexibility index (Phi) is 3.91. The second kappa shape index (κ2) is 5.30. The van der Waals surface area contributed by atoms with Gasteiger partial charge in [-0.3, -0.25) is 4.79 Å². The van der Waals surface area contributed by atoms with Crippen LogP contribution in [0.25, 0.3) is 0 Å². The molecule has 6 heteroatoms. The van der Waals surface area contributed by atoms with Crippen molar-refractivity contribution in [3.63, 3.8) is 0 Å². The molecule has 2 rings (SSSR count). The first-order valence-electron chi connectivity index (χ1n) is 6.31. The average Bonchev–Trinajstić information content (AvgIpc) is 2.39. The van der Waals surface area contributed by atoms with E-state index in [4.69, 9.17) is 5.73 Å². The Labute approximate surface area is 113 Å². The lowest BCUT2D eigenvalue weighted by atomic mass is 10.0. The summed E-state index contributed by atoms with van der Waals surface area (Å²) < 4.78 is 26.5. The van der Waals surface area contributed by atoms with Crippen LogP contribution >= 0.6 is 0 Å². The Bertz CT molecular complexity index is 583. The number of nitrogens with zero attached hydrogens (tertiary/aromatic N) is 1. The standard InChI is InChI=1S/C13H18N2O3S/c1-10-4-3-7-15(9-10)19(17,18)12-6-2-5-11(8-12)13(14)16/h2,5-6,8,10H,3-4,7,9H2,1H3,(H2,14,16). The van der Waals surface area contributed by atoms with E-state index in [0.717, 1.165) is 12.8 Å². The van der Waals surface area contributed by atoms with Crippen LogP contribution in [0.5, 0.6) is 0 Å². The molecule has 1 aromatic rings. The van der Waals surface area contributed by atoms with Crippen molar-refractivity contribution in [2.45, 2.75) is 24.7 Å². The van der Waals surface area contributed by atoms with Crippen LogP contribution < -0.4 is 5.73 Å². The van der Waals surface area contributed by atoms with Crippen molar-refractivity contribution in [2.24, 2.45) is 11.7 Å². The summed E-state index contributed by atoms with van der Waals surface area (Å²) in [6.45, 7) is 3.11. The molecular formula is C13H18N2O3S. The van der Waals surface area contributed by atoms with Crippen molar-refractivity contribution in [2.75, 3.05) is 13.1 Å². The maximum atomic E-state index is 12.5. The van der Waals surface area contributed by atoms with E-state index in [1.54, 1.807) is 6.07 Å². The highest BCUT2D eigenvalue weighted by atomic mass is 32.2. The molecule has 0 radical (unpaired) electrons. The van der Waals surface area contributed by atoms with Crippen molar-refractivity contribution >= 4 is 15.9 Å². The Hall–Kier alpha value is -1.40. The van der Waals surface area contributed by atoms with Crippen LogP contribution in [0.4, 0.5) is 0 Å². The monoisotopic (exact) mass is 282 g/mol. The number of amides is 1. The Balaban J connectivity index is 2.33. The number of rotatable bonds is 3. The molecule has 0 spiro atoms. The van der Waals surface area contributed by atoms with Crippen LogP contribution in [-0.4, -0.2) is 31.7 Å². The molecule has 0 aliphatic carbocycles. The van der Waals surface area contributed by atoms with Gasteiger partial charge >= 0.3 is 0 Å². The van der Waals surface area contributed by atoms with Gasteiger partial charge < -0.3 is 5.73 Å². The summed E-state index contributed by atoms with van der Waals surface area (Å²) >= 11 is 0. The lowest BCUT2D eigenvalue weighted by Crippen LogP contribution is -2.39. The highest BCUT2D eigenvalue weighted by Crippen LogP contribution is 2.23. The first kappa shape index (κ1) is 14.0. The van der Waals surface area contributed by atoms with Gasteiger partial charge in [-0.05, 0) is 37.0 Å². The van der Waals surface area contributed by atoms with Crippen molar-refractivity contribution < 1.29 is 13.2 Å². The van der Waals surface area contributed by atoms with E-state index in [2.05, 4.69) is 0 Å². The number of primary amides is 1. The van der Waals surface area contributed by atoms with Crippen LogP contribution in [0, 0.1) is 5.92 Å². The predicted octanol–water partition coefficient (Wildman–Crippen LogP) is 1.21. The van der Waals surface area contributed by atoms with Gasteiger partial charge in [0.15, 0.2) is 0 Å². The zero-order valence-corrected chi connectivity index (χ0v) is 11.7. The largest absolute Gasteiger partial charge is 0.366 e. The molecule has 1 atom stereocenters. The molecule has 19 heavy (non-hydrogen) atoms. The summed E-state index contributed by atoms with van der Waals surface area (Å²) in [7, 11) is -3.53. The molecule has 104 valence electrons. The average molecular weight is 282 g/mol. The fourth-order valence-corrected chi connectivity index (χ4v) is 3.97. The molecule has 1 aromatic carbocycles. The topological polar surface area (TPSA) is 80.5 Å². The van der Waals surface area contributed by atoms with E-state index in [1.165, 1.54) is 22.5 Å². The van der Waals surface area contributed by atoms with Crippen molar-refractivity contribution in [3.05, 3.63) is 29.8 Å². The Morgan fingerprint density at radius 3 is 2.79 bits per heavy atom. The summed E-state index contributed by atoms with van der Waals surface area (Å²) in [4.78, 5) is 11.3. The Morgan fingerprint density at radius 1 is 1.42 bits per heavy atom. The molecule has 1 heterocycles. The van der Waals surface area contributed by atoms with Gasteiger partial charge in [0.1, 0.15) is 0 Å². The molecule has 0 aromatic heterocycles. The maximum Gasteiger partial charge on any atom is 0.248 e. The number of nitrogens with two attached hydrogens (primary N) is 1. The summed E-state index contributed by atoms with van der Waals surface area (Å²) in [5.41, 5.74) is 5.39. The fourth-order valence-electron chi connectivity index (χ4n) is 2.32. The second-order valence-corrected chi connectivity index (χ2v) is 6.94. The molecule has 1 aliphatic heterocycles. The van der Waals surface area contributed by atoms with E-state index in [9.17, 15) is 13.2 Å². The third-order valence-electron chi connectivity index (χ3n) is 3.38. The summed E-state index contributed by atoms with van der Waals surface area (Å²) in [5.74, 6) is -0.257. The van der Waals surface area contributed by atoms with Crippen LogP contribution in [-0.2, 0) is 10.0 Å². The van der Waals surface area contributed by atoms with Crippen LogP contribution in [0.2, 0.25) is 0 Å². The minimum absolute atomic E-state index is 0.137. The van der Waals surface area contributed by atoms with Gasteiger partial charge in [0.2, 0.25) is 15.9 Å². The number of benzene rings is 1. The third-order valence-corrected chi connectivity index (χ3v) is 5.24. The number of sulfonamides is 1. The molecule has 0 bridgehead atoms. The number of hydrogen-bond acceptors (Lipinski definition) is 3. The van der Waals surface area contributed by atoms with Crippen molar-refractivity contribution in [1.82, 2.24) is 4.31 Å². The Morgan fingerprint density at radius 2 is 2.16 bits per heavy atom. The predicted molar refractivity (Wildman–Crippen MR) is 72.1 cm³/mol. The van der Waals surface area contributed by atoms with Crippen molar-refractivity contribution in [3.8, 4) is 0 Å². The van der Waals surface area contributed by atoms with E-state index >= 15 is 0 Å². The fraction of sp³-hybridized carbons (Fsp3) is 0.462. The molecule has 1 unspecified atom stereocenters. The van der Waals surface area contributed by atoms with E-state index in [-0.39, 0.29) is 10.5 Å². The van der Waals surface area contributed by atoms with Gasteiger partial charge in [-0.15, -0.1) is 0 Å². The molecule has 0 saturated carbocycles.